The molecule has 1 heterocycles. The predicted octanol–water partition coefficient (Wildman–Crippen LogP) is 2.53. The first-order valence-electron chi connectivity index (χ1n) is 5.82. The summed E-state index contributed by atoms with van der Waals surface area (Å²) in [5.74, 6) is 0. The van der Waals surface area contributed by atoms with Crippen molar-refractivity contribution in [1.29, 1.82) is 0 Å². The van der Waals surface area contributed by atoms with Gasteiger partial charge in [-0.05, 0) is 12.8 Å². The molecule has 2 atom stereocenters. The van der Waals surface area contributed by atoms with Gasteiger partial charge in [0, 0.05) is 11.8 Å². The Balaban J connectivity index is 1.89. The van der Waals surface area contributed by atoms with E-state index in [2.05, 4.69) is 22.1 Å². The van der Waals surface area contributed by atoms with Gasteiger partial charge in [-0.2, -0.15) is 0 Å². The zero-order chi connectivity index (χ0) is 12.1. The van der Waals surface area contributed by atoms with Gasteiger partial charge in [-0.25, -0.2) is 0 Å². The fraction of sp³-hybridized carbons (Fsp3) is 0.636. The third kappa shape index (κ3) is 3.69. The maximum absolute atomic E-state index is 9.89. The molecule has 0 aromatic carbocycles. The number of hydrogen-bond acceptors (Lipinski definition) is 6. The van der Waals surface area contributed by atoms with Crippen LogP contribution in [0.25, 0.3) is 0 Å². The molecule has 1 aliphatic carbocycles. The molecule has 94 valence electrons. The average Bonchev–Trinajstić information content (AvgIpc) is 2.77. The number of nitrogens with one attached hydrogen (secondary N) is 1. The average molecular weight is 271 g/mol. The van der Waals surface area contributed by atoms with Crippen LogP contribution in [0.5, 0.6) is 0 Å². The van der Waals surface area contributed by atoms with Crippen LogP contribution in [-0.4, -0.2) is 33.2 Å². The summed E-state index contributed by atoms with van der Waals surface area (Å²) in [5, 5.41) is 22.3. The molecule has 2 rings (SSSR count). The highest BCUT2D eigenvalue weighted by atomic mass is 32.2. The predicted molar refractivity (Wildman–Crippen MR) is 72.7 cm³/mol. The van der Waals surface area contributed by atoms with Gasteiger partial charge in [0.15, 0.2) is 4.34 Å². The standard InChI is InChI=1S/C11H17N3OS2/c1-2-7-12-10-13-14-11(17-10)16-9-6-4-3-5-8(9)15/h2,8-9,15H,1,3-7H2,(H,12,13)/t8-,9+/m1/s1. The quantitative estimate of drug-likeness (QED) is 0.806. The molecule has 0 saturated heterocycles. The Bertz CT molecular complexity index is 369. The monoisotopic (exact) mass is 271 g/mol. The Morgan fingerprint density at radius 1 is 1.47 bits per heavy atom. The summed E-state index contributed by atoms with van der Waals surface area (Å²) < 4.78 is 0.933. The zero-order valence-corrected chi connectivity index (χ0v) is 11.3. The van der Waals surface area contributed by atoms with E-state index in [1.807, 2.05) is 0 Å². The van der Waals surface area contributed by atoms with Crippen molar-refractivity contribution >= 4 is 28.2 Å². The SMILES string of the molecule is C=CCNc1nnc(S[C@H]2CCCC[C@H]2O)s1. The van der Waals surface area contributed by atoms with Crippen LogP contribution >= 0.6 is 23.1 Å². The van der Waals surface area contributed by atoms with Crippen molar-refractivity contribution in [3.05, 3.63) is 12.7 Å². The third-order valence-electron chi connectivity index (χ3n) is 2.72. The second-order valence-corrected chi connectivity index (χ2v) is 6.51. The van der Waals surface area contributed by atoms with Crippen molar-refractivity contribution in [2.24, 2.45) is 0 Å². The Labute approximate surface area is 110 Å². The Hall–Kier alpha value is -0.590. The number of hydrogen-bond donors (Lipinski definition) is 2. The fourth-order valence-electron chi connectivity index (χ4n) is 1.83. The van der Waals surface area contributed by atoms with Crippen LogP contribution < -0.4 is 5.32 Å². The van der Waals surface area contributed by atoms with Crippen LogP contribution in [0, 0.1) is 0 Å². The van der Waals surface area contributed by atoms with E-state index in [4.69, 9.17) is 0 Å². The minimum absolute atomic E-state index is 0.192. The number of aromatic nitrogens is 2. The highest BCUT2D eigenvalue weighted by molar-refractivity contribution is 8.01. The lowest BCUT2D eigenvalue weighted by molar-refractivity contribution is 0.137. The topological polar surface area (TPSA) is 58.0 Å². The highest BCUT2D eigenvalue weighted by Gasteiger charge is 2.25. The molecule has 0 amide bonds. The number of aliphatic hydroxyl groups is 1. The molecule has 2 N–H and O–H groups in total. The van der Waals surface area contributed by atoms with Gasteiger partial charge < -0.3 is 10.4 Å². The molecule has 1 aliphatic rings. The van der Waals surface area contributed by atoms with Crippen molar-refractivity contribution in [2.75, 3.05) is 11.9 Å². The molecule has 1 saturated carbocycles. The van der Waals surface area contributed by atoms with Gasteiger partial charge in [0.1, 0.15) is 0 Å². The first-order chi connectivity index (χ1) is 8.29. The molecular formula is C11H17N3OS2. The summed E-state index contributed by atoms with van der Waals surface area (Å²) in [6.07, 6.45) is 5.93. The van der Waals surface area contributed by atoms with Crippen molar-refractivity contribution in [3.63, 3.8) is 0 Å². The largest absolute Gasteiger partial charge is 0.392 e. The maximum Gasteiger partial charge on any atom is 0.206 e. The number of aliphatic hydroxyl groups excluding tert-OH is 1. The van der Waals surface area contributed by atoms with Crippen LogP contribution in [0.4, 0.5) is 5.13 Å². The summed E-state index contributed by atoms with van der Waals surface area (Å²) >= 11 is 3.20. The lowest BCUT2D eigenvalue weighted by Gasteiger charge is -2.25. The smallest absolute Gasteiger partial charge is 0.206 e. The molecule has 1 aromatic heterocycles. The first kappa shape index (κ1) is 12.9. The van der Waals surface area contributed by atoms with Gasteiger partial charge in [-0.15, -0.1) is 16.8 Å². The van der Waals surface area contributed by atoms with E-state index in [1.54, 1.807) is 17.8 Å². The van der Waals surface area contributed by atoms with Gasteiger partial charge >= 0.3 is 0 Å². The van der Waals surface area contributed by atoms with Crippen LogP contribution in [-0.2, 0) is 0 Å². The van der Waals surface area contributed by atoms with Crippen molar-refractivity contribution in [2.45, 2.75) is 41.4 Å². The normalized spacial score (nSPS) is 24.5. The van der Waals surface area contributed by atoms with E-state index in [0.717, 1.165) is 28.7 Å². The first-order valence-corrected chi connectivity index (χ1v) is 7.52. The zero-order valence-electron chi connectivity index (χ0n) is 9.63. The van der Waals surface area contributed by atoms with Gasteiger partial charge in [0.25, 0.3) is 0 Å². The lowest BCUT2D eigenvalue weighted by atomic mass is 9.97. The van der Waals surface area contributed by atoms with Gasteiger partial charge in [-0.1, -0.05) is 42.0 Å². The van der Waals surface area contributed by atoms with Crippen LogP contribution in [0.15, 0.2) is 17.0 Å². The molecular weight excluding hydrogens is 254 g/mol. The van der Waals surface area contributed by atoms with Crippen molar-refractivity contribution in [1.82, 2.24) is 10.2 Å². The van der Waals surface area contributed by atoms with Crippen molar-refractivity contribution < 1.29 is 5.11 Å². The molecule has 0 bridgehead atoms. The van der Waals surface area contributed by atoms with E-state index < -0.39 is 0 Å². The fourth-order valence-corrected chi connectivity index (χ4v) is 4.04. The molecule has 1 fully saturated rings. The van der Waals surface area contributed by atoms with Crippen molar-refractivity contribution in [3.8, 4) is 0 Å². The number of nitrogens with zero attached hydrogens (tertiary/aromatic N) is 2. The third-order valence-corrected chi connectivity index (χ3v) is 5.07. The van der Waals surface area contributed by atoms with E-state index in [1.165, 1.54) is 17.8 Å². The molecule has 0 unspecified atom stereocenters. The Kier molecular flexibility index (Phi) is 4.82. The molecule has 0 aliphatic heterocycles. The number of rotatable bonds is 5. The van der Waals surface area contributed by atoms with E-state index >= 15 is 0 Å². The minimum Gasteiger partial charge on any atom is -0.392 e. The molecule has 6 heteroatoms. The van der Waals surface area contributed by atoms with E-state index in [-0.39, 0.29) is 11.4 Å². The molecule has 1 aromatic rings. The van der Waals surface area contributed by atoms with E-state index in [9.17, 15) is 5.11 Å². The van der Waals surface area contributed by atoms with E-state index in [0.29, 0.717) is 6.54 Å². The van der Waals surface area contributed by atoms with Gasteiger partial charge in [0.05, 0.1) is 6.10 Å². The van der Waals surface area contributed by atoms with Gasteiger partial charge in [0.2, 0.25) is 5.13 Å². The number of anilines is 1. The second kappa shape index (κ2) is 6.37. The highest BCUT2D eigenvalue weighted by Crippen LogP contribution is 2.36. The molecule has 0 spiro atoms. The minimum atomic E-state index is -0.192. The van der Waals surface area contributed by atoms with Crippen LogP contribution in [0.3, 0.4) is 0 Å². The van der Waals surface area contributed by atoms with Gasteiger partial charge in [-0.3, -0.25) is 0 Å². The summed E-state index contributed by atoms with van der Waals surface area (Å²) in [7, 11) is 0. The summed E-state index contributed by atoms with van der Waals surface area (Å²) in [5.41, 5.74) is 0. The Morgan fingerprint density at radius 3 is 3.06 bits per heavy atom. The summed E-state index contributed by atoms with van der Waals surface area (Å²) in [6.45, 7) is 4.34. The Morgan fingerprint density at radius 2 is 2.29 bits per heavy atom. The van der Waals surface area contributed by atoms with Crippen LogP contribution in [0.2, 0.25) is 0 Å². The number of thioether (sulfide) groups is 1. The molecule has 17 heavy (non-hydrogen) atoms. The molecule has 0 radical (unpaired) electrons. The lowest BCUT2D eigenvalue weighted by Crippen LogP contribution is -2.26. The molecule has 4 nitrogen and oxygen atoms in total. The second-order valence-electron chi connectivity index (χ2n) is 4.05. The summed E-state index contributed by atoms with van der Waals surface area (Å²) in [6, 6.07) is 0. The summed E-state index contributed by atoms with van der Waals surface area (Å²) in [4.78, 5) is 0. The van der Waals surface area contributed by atoms with Crippen LogP contribution in [0.1, 0.15) is 25.7 Å². The maximum atomic E-state index is 9.89.